The maximum atomic E-state index is 4.84. The van der Waals surface area contributed by atoms with E-state index in [9.17, 15) is 0 Å². The summed E-state index contributed by atoms with van der Waals surface area (Å²) in [6.07, 6.45) is 10.1. The summed E-state index contributed by atoms with van der Waals surface area (Å²) in [5.74, 6) is 0. The molecule has 1 aliphatic heterocycles. The maximum Gasteiger partial charge on any atom is 0.162 e. The van der Waals surface area contributed by atoms with Crippen LogP contribution in [0, 0.1) is 6.92 Å². The summed E-state index contributed by atoms with van der Waals surface area (Å²) in [4.78, 5) is 7.34. The molecule has 2 aromatic carbocycles. The Balaban J connectivity index is 1.47. The number of fused-ring (bicyclic) bond motifs is 1. The minimum Gasteiger partial charge on any atom is -0.364 e. The van der Waals surface area contributed by atoms with Crippen LogP contribution in [0.4, 0.5) is 5.69 Å². The van der Waals surface area contributed by atoms with E-state index in [2.05, 4.69) is 103 Å². The van der Waals surface area contributed by atoms with Gasteiger partial charge in [0.15, 0.2) is 5.65 Å². The van der Waals surface area contributed by atoms with E-state index in [-0.39, 0.29) is 0 Å². The molecular weight excluding hydrogens is 430 g/mol. The van der Waals surface area contributed by atoms with Gasteiger partial charge in [0.1, 0.15) is 0 Å². The summed E-state index contributed by atoms with van der Waals surface area (Å²) < 4.78 is 1.88. The van der Waals surface area contributed by atoms with Gasteiger partial charge in [0.2, 0.25) is 0 Å². The molecule has 1 aliphatic rings. The SMILES string of the molecule is C=C(C)C=Cc1c(C)cccc1-c1cnn2cc(-c3ccc(N4C(C)CNCC4C)cc3)cnc12. The monoisotopic (exact) mass is 463 g/mol. The summed E-state index contributed by atoms with van der Waals surface area (Å²) in [7, 11) is 0. The molecule has 1 saturated heterocycles. The van der Waals surface area contributed by atoms with E-state index >= 15 is 0 Å². The molecule has 5 rings (SSSR count). The predicted molar refractivity (Wildman–Crippen MR) is 147 cm³/mol. The van der Waals surface area contributed by atoms with Gasteiger partial charge >= 0.3 is 0 Å². The zero-order valence-corrected chi connectivity index (χ0v) is 21.0. The van der Waals surface area contributed by atoms with Gasteiger partial charge < -0.3 is 10.2 Å². The van der Waals surface area contributed by atoms with Crippen LogP contribution in [0.25, 0.3) is 34.0 Å². The van der Waals surface area contributed by atoms with Gasteiger partial charge in [0.05, 0.1) is 6.20 Å². The number of anilines is 1. The molecule has 178 valence electrons. The number of piperazine rings is 1. The Labute approximate surface area is 207 Å². The molecule has 4 aromatic rings. The number of hydrogen-bond acceptors (Lipinski definition) is 4. The lowest BCUT2D eigenvalue weighted by molar-refractivity contribution is 0.432. The van der Waals surface area contributed by atoms with Crippen molar-refractivity contribution < 1.29 is 0 Å². The van der Waals surface area contributed by atoms with Gasteiger partial charge in [-0.15, -0.1) is 0 Å². The zero-order valence-electron chi connectivity index (χ0n) is 21.0. The number of nitrogens with zero attached hydrogens (tertiary/aromatic N) is 4. The summed E-state index contributed by atoms with van der Waals surface area (Å²) >= 11 is 0. The van der Waals surface area contributed by atoms with Crippen molar-refractivity contribution >= 4 is 17.4 Å². The highest BCUT2D eigenvalue weighted by Gasteiger charge is 2.24. The average Bonchev–Trinajstić information content (AvgIpc) is 3.26. The first-order valence-corrected chi connectivity index (χ1v) is 12.3. The van der Waals surface area contributed by atoms with Gasteiger partial charge in [-0.2, -0.15) is 5.10 Å². The van der Waals surface area contributed by atoms with Crippen molar-refractivity contribution in [3.05, 3.63) is 90.4 Å². The minimum atomic E-state index is 0.474. The second-order valence-electron chi connectivity index (χ2n) is 9.70. The highest BCUT2D eigenvalue weighted by molar-refractivity contribution is 5.85. The Bertz CT molecular complexity index is 1390. The highest BCUT2D eigenvalue weighted by atomic mass is 15.2. The Morgan fingerprint density at radius 1 is 1.00 bits per heavy atom. The smallest absolute Gasteiger partial charge is 0.162 e. The van der Waals surface area contributed by atoms with E-state index in [1.807, 2.05) is 23.8 Å². The lowest BCUT2D eigenvalue weighted by Gasteiger charge is -2.41. The van der Waals surface area contributed by atoms with E-state index in [0.29, 0.717) is 12.1 Å². The van der Waals surface area contributed by atoms with Crippen LogP contribution in [-0.2, 0) is 0 Å². The fourth-order valence-electron chi connectivity index (χ4n) is 5.04. The first kappa shape index (κ1) is 23.1. The Hall–Kier alpha value is -3.70. The molecule has 3 heterocycles. The molecule has 2 unspecified atom stereocenters. The van der Waals surface area contributed by atoms with Gasteiger partial charge in [-0.05, 0) is 62.1 Å². The van der Waals surface area contributed by atoms with Crippen molar-refractivity contribution in [2.45, 2.75) is 39.8 Å². The number of allylic oxidation sites excluding steroid dienone is 2. The standard InChI is InChI=1S/C30H33N5/c1-20(2)9-14-27-21(3)7-6-8-28(27)29-18-33-34-19-25(17-32-30(29)34)24-10-12-26(13-11-24)35-22(4)15-31-16-23(35)5/h6-14,17-19,22-23,31H,1,15-16H2,2-5H3. The second kappa shape index (κ2) is 9.51. The van der Waals surface area contributed by atoms with E-state index in [4.69, 9.17) is 4.98 Å². The molecule has 0 aliphatic carbocycles. The summed E-state index contributed by atoms with van der Waals surface area (Å²) in [5.41, 5.74) is 9.86. The molecule has 5 heteroatoms. The quantitative estimate of drug-likeness (QED) is 0.361. The average molecular weight is 464 g/mol. The normalized spacial score (nSPS) is 18.5. The number of nitrogens with one attached hydrogen (secondary N) is 1. The van der Waals surface area contributed by atoms with Crippen LogP contribution < -0.4 is 10.2 Å². The number of aromatic nitrogens is 3. The second-order valence-corrected chi connectivity index (χ2v) is 9.70. The zero-order chi connectivity index (χ0) is 24.5. The Kier molecular flexibility index (Phi) is 6.27. The van der Waals surface area contributed by atoms with Gasteiger partial charge in [-0.1, -0.05) is 54.6 Å². The molecule has 0 spiro atoms. The van der Waals surface area contributed by atoms with Crippen LogP contribution in [-0.4, -0.2) is 39.8 Å². The van der Waals surface area contributed by atoms with Crippen LogP contribution in [0.15, 0.2) is 79.3 Å². The van der Waals surface area contributed by atoms with Crippen molar-refractivity contribution in [2.75, 3.05) is 18.0 Å². The molecule has 1 N–H and O–H groups in total. The largest absolute Gasteiger partial charge is 0.364 e. The molecule has 1 fully saturated rings. The van der Waals surface area contributed by atoms with E-state index in [1.165, 1.54) is 16.8 Å². The van der Waals surface area contributed by atoms with Crippen LogP contribution in [0.1, 0.15) is 31.9 Å². The van der Waals surface area contributed by atoms with Crippen molar-refractivity contribution in [3.63, 3.8) is 0 Å². The molecule has 0 amide bonds. The molecule has 2 atom stereocenters. The third-order valence-corrected chi connectivity index (χ3v) is 6.83. The summed E-state index contributed by atoms with van der Waals surface area (Å²) in [6.45, 7) is 14.7. The van der Waals surface area contributed by atoms with E-state index in [1.54, 1.807) is 0 Å². The van der Waals surface area contributed by atoms with Gasteiger partial charge in [-0.25, -0.2) is 9.50 Å². The highest BCUT2D eigenvalue weighted by Crippen LogP contribution is 2.32. The first-order chi connectivity index (χ1) is 16.9. The maximum absolute atomic E-state index is 4.84. The van der Waals surface area contributed by atoms with Gasteiger partial charge in [-0.3, -0.25) is 0 Å². The summed E-state index contributed by atoms with van der Waals surface area (Å²) in [5, 5.41) is 8.16. The number of rotatable bonds is 5. The molecule has 5 nitrogen and oxygen atoms in total. The third-order valence-electron chi connectivity index (χ3n) is 6.83. The van der Waals surface area contributed by atoms with E-state index in [0.717, 1.165) is 46.6 Å². The van der Waals surface area contributed by atoms with Gasteiger partial charge in [0, 0.05) is 54.4 Å². The van der Waals surface area contributed by atoms with Crippen LogP contribution in [0.5, 0.6) is 0 Å². The lowest BCUT2D eigenvalue weighted by atomic mass is 9.97. The van der Waals surface area contributed by atoms with Crippen molar-refractivity contribution in [1.29, 1.82) is 0 Å². The third kappa shape index (κ3) is 4.52. The fraction of sp³-hybridized carbons (Fsp3) is 0.267. The number of hydrogen-bond donors (Lipinski definition) is 1. The molecule has 2 aromatic heterocycles. The first-order valence-electron chi connectivity index (χ1n) is 12.3. The Morgan fingerprint density at radius 2 is 1.74 bits per heavy atom. The lowest BCUT2D eigenvalue weighted by Crippen LogP contribution is -2.55. The van der Waals surface area contributed by atoms with Crippen LogP contribution in [0.3, 0.4) is 0 Å². The van der Waals surface area contributed by atoms with Gasteiger partial charge in [0.25, 0.3) is 0 Å². The molecular formula is C30H33N5. The topological polar surface area (TPSA) is 45.5 Å². The molecule has 0 radical (unpaired) electrons. The molecule has 35 heavy (non-hydrogen) atoms. The number of benzene rings is 2. The van der Waals surface area contributed by atoms with Crippen LogP contribution >= 0.6 is 0 Å². The van der Waals surface area contributed by atoms with Crippen molar-refractivity contribution in [1.82, 2.24) is 19.9 Å². The predicted octanol–water partition coefficient (Wildman–Crippen LogP) is 6.15. The molecule has 0 bridgehead atoms. The van der Waals surface area contributed by atoms with Crippen LogP contribution in [0.2, 0.25) is 0 Å². The van der Waals surface area contributed by atoms with Crippen molar-refractivity contribution in [3.8, 4) is 22.3 Å². The Morgan fingerprint density at radius 3 is 2.46 bits per heavy atom. The van der Waals surface area contributed by atoms with Crippen molar-refractivity contribution in [2.24, 2.45) is 0 Å². The number of aryl methyl sites for hydroxylation is 1. The minimum absolute atomic E-state index is 0.474. The molecule has 0 saturated carbocycles. The summed E-state index contributed by atoms with van der Waals surface area (Å²) in [6, 6.07) is 16.1. The fourth-order valence-corrected chi connectivity index (χ4v) is 5.04. The van der Waals surface area contributed by atoms with E-state index < -0.39 is 0 Å².